The molecule has 5 atom stereocenters. The molecule has 5 unspecified atom stereocenters. The van der Waals surface area contributed by atoms with Gasteiger partial charge in [0, 0.05) is 24.6 Å². The number of alkyl halides is 1. The van der Waals surface area contributed by atoms with Gasteiger partial charge in [-0.25, -0.2) is 5.43 Å². The monoisotopic (exact) mass is 369 g/mol. The van der Waals surface area contributed by atoms with Crippen molar-refractivity contribution in [2.24, 2.45) is 17.8 Å². The predicted octanol–water partition coefficient (Wildman–Crippen LogP) is 3.55. The summed E-state index contributed by atoms with van der Waals surface area (Å²) in [7, 11) is 0. The van der Waals surface area contributed by atoms with Crippen molar-refractivity contribution in [2.75, 3.05) is 13.2 Å². The number of hydrogen-bond acceptors (Lipinski definition) is 4. The van der Waals surface area contributed by atoms with Gasteiger partial charge in [0.15, 0.2) is 0 Å². The quantitative estimate of drug-likeness (QED) is 0.663. The molecule has 0 aromatic rings. The van der Waals surface area contributed by atoms with Gasteiger partial charge in [0.25, 0.3) is 0 Å². The van der Waals surface area contributed by atoms with E-state index in [1.807, 2.05) is 0 Å². The summed E-state index contributed by atoms with van der Waals surface area (Å²) < 4.78 is 5.97. The molecule has 2 saturated carbocycles. The zero-order valence-corrected chi connectivity index (χ0v) is 16.5. The number of hydrazine groups is 1. The third kappa shape index (κ3) is 4.19. The first-order valence-corrected chi connectivity index (χ1v) is 11.1. The molecular formula is C20H36ClN3O. The van der Waals surface area contributed by atoms with Crippen LogP contribution in [0, 0.1) is 17.8 Å². The highest BCUT2D eigenvalue weighted by Gasteiger charge is 2.44. The Balaban J connectivity index is 1.37. The lowest BCUT2D eigenvalue weighted by atomic mass is 9.67. The van der Waals surface area contributed by atoms with Crippen LogP contribution in [0.25, 0.3) is 0 Å². The second kappa shape index (κ2) is 8.02. The Bertz CT molecular complexity index is 435. The molecule has 0 spiro atoms. The number of hydrogen-bond donors (Lipinski definition) is 3. The molecule has 0 amide bonds. The lowest BCUT2D eigenvalue weighted by Crippen LogP contribution is -2.68. The topological polar surface area (TPSA) is 45.3 Å². The maximum Gasteiger partial charge on any atom is 0.0779 e. The first kappa shape index (κ1) is 18.5. The second-order valence-electron chi connectivity index (χ2n) is 9.20. The van der Waals surface area contributed by atoms with Crippen LogP contribution in [0.3, 0.4) is 0 Å². The van der Waals surface area contributed by atoms with Crippen molar-refractivity contribution in [1.29, 1.82) is 0 Å². The van der Waals surface area contributed by atoms with E-state index in [1.165, 1.54) is 64.2 Å². The van der Waals surface area contributed by atoms with E-state index in [4.69, 9.17) is 16.3 Å². The van der Waals surface area contributed by atoms with E-state index in [2.05, 4.69) is 23.1 Å². The van der Waals surface area contributed by atoms with E-state index in [1.54, 1.807) is 0 Å². The second-order valence-corrected chi connectivity index (χ2v) is 9.82. The zero-order valence-electron chi connectivity index (χ0n) is 15.7. The van der Waals surface area contributed by atoms with Crippen molar-refractivity contribution in [3.8, 4) is 0 Å². The maximum absolute atomic E-state index is 6.34. The smallest absolute Gasteiger partial charge is 0.0779 e. The molecule has 4 rings (SSSR count). The van der Waals surface area contributed by atoms with Gasteiger partial charge in [0.2, 0.25) is 0 Å². The summed E-state index contributed by atoms with van der Waals surface area (Å²) in [4.78, 5) is 0. The Morgan fingerprint density at radius 1 is 1.00 bits per heavy atom. The van der Waals surface area contributed by atoms with Gasteiger partial charge in [0.05, 0.1) is 11.8 Å². The van der Waals surface area contributed by atoms with Crippen molar-refractivity contribution in [2.45, 2.75) is 94.3 Å². The Morgan fingerprint density at radius 2 is 1.76 bits per heavy atom. The number of halogens is 1. The summed E-state index contributed by atoms with van der Waals surface area (Å²) in [5.74, 6) is 2.35. The highest BCUT2D eigenvalue weighted by Crippen LogP contribution is 2.42. The highest BCUT2D eigenvalue weighted by atomic mass is 35.5. The van der Waals surface area contributed by atoms with Crippen LogP contribution in [0.1, 0.15) is 71.1 Å². The van der Waals surface area contributed by atoms with Crippen molar-refractivity contribution in [3.63, 3.8) is 0 Å². The Hall–Kier alpha value is 0.130. The van der Waals surface area contributed by atoms with Crippen LogP contribution in [0.2, 0.25) is 0 Å². The summed E-state index contributed by atoms with van der Waals surface area (Å²) >= 11 is 6.34. The number of rotatable bonds is 4. The SMILES string of the molecule is CC1(CNC2NNC(C3CCC(Cl)CC3)C3CCCCC23)CCCO1. The summed E-state index contributed by atoms with van der Waals surface area (Å²) in [5.41, 5.74) is 7.44. The Morgan fingerprint density at radius 3 is 2.48 bits per heavy atom. The van der Waals surface area contributed by atoms with E-state index in [0.29, 0.717) is 17.6 Å². The standard InChI is InChI=1S/C20H36ClN3O/c1-20(11-4-12-25-20)13-22-19-17-6-3-2-5-16(17)18(23-24-19)14-7-9-15(21)10-8-14/h14-19,22-24H,2-13H2,1H3. The van der Waals surface area contributed by atoms with Gasteiger partial charge in [0.1, 0.15) is 0 Å². The summed E-state index contributed by atoms with van der Waals surface area (Å²) in [6, 6.07) is 0.630. The Kier molecular flexibility index (Phi) is 5.93. The first-order chi connectivity index (χ1) is 12.1. The molecule has 144 valence electrons. The molecule has 0 radical (unpaired) electrons. The van der Waals surface area contributed by atoms with Crippen LogP contribution in [0.5, 0.6) is 0 Å². The molecule has 3 N–H and O–H groups in total. The van der Waals surface area contributed by atoms with E-state index in [9.17, 15) is 0 Å². The van der Waals surface area contributed by atoms with Crippen molar-refractivity contribution < 1.29 is 4.74 Å². The Labute approximate surface area is 158 Å². The molecule has 0 bridgehead atoms. The van der Waals surface area contributed by atoms with Gasteiger partial charge < -0.3 is 4.74 Å². The van der Waals surface area contributed by atoms with Crippen LogP contribution in [-0.2, 0) is 4.74 Å². The summed E-state index contributed by atoms with van der Waals surface area (Å²) in [5, 5.41) is 4.23. The lowest BCUT2D eigenvalue weighted by molar-refractivity contribution is -0.00680. The molecule has 0 aromatic heterocycles. The number of fused-ring (bicyclic) bond motifs is 1. The van der Waals surface area contributed by atoms with Gasteiger partial charge in [-0.2, -0.15) is 0 Å². The van der Waals surface area contributed by atoms with Crippen molar-refractivity contribution in [1.82, 2.24) is 16.2 Å². The normalized spacial score (nSPS) is 48.2. The minimum atomic E-state index is 0.0292. The van der Waals surface area contributed by atoms with Gasteiger partial charge >= 0.3 is 0 Å². The fraction of sp³-hybridized carbons (Fsp3) is 1.00. The minimum absolute atomic E-state index is 0.0292. The fourth-order valence-electron chi connectivity index (χ4n) is 5.86. The summed E-state index contributed by atoms with van der Waals surface area (Å²) in [6.07, 6.45) is 13.3. The largest absolute Gasteiger partial charge is 0.374 e. The van der Waals surface area contributed by atoms with E-state index in [-0.39, 0.29) is 5.60 Å². The molecule has 2 heterocycles. The highest BCUT2D eigenvalue weighted by molar-refractivity contribution is 6.20. The number of ether oxygens (including phenoxy) is 1. The zero-order chi connectivity index (χ0) is 17.3. The average molecular weight is 370 g/mol. The van der Waals surface area contributed by atoms with Crippen LogP contribution < -0.4 is 16.2 Å². The molecule has 0 aromatic carbocycles. The van der Waals surface area contributed by atoms with E-state index >= 15 is 0 Å². The van der Waals surface area contributed by atoms with Crippen LogP contribution in [-0.4, -0.2) is 36.3 Å². The van der Waals surface area contributed by atoms with Crippen LogP contribution in [0.4, 0.5) is 0 Å². The molecule has 4 fully saturated rings. The molecule has 2 aliphatic heterocycles. The third-order valence-electron chi connectivity index (χ3n) is 7.38. The maximum atomic E-state index is 6.34. The van der Waals surface area contributed by atoms with Crippen LogP contribution in [0.15, 0.2) is 0 Å². The first-order valence-electron chi connectivity index (χ1n) is 10.7. The average Bonchev–Trinajstić information content (AvgIpc) is 3.07. The van der Waals surface area contributed by atoms with Gasteiger partial charge in [-0.3, -0.25) is 10.7 Å². The lowest BCUT2D eigenvalue weighted by Gasteiger charge is -2.50. The third-order valence-corrected chi connectivity index (χ3v) is 7.81. The molecule has 4 nitrogen and oxygen atoms in total. The van der Waals surface area contributed by atoms with Gasteiger partial charge in [-0.1, -0.05) is 12.8 Å². The van der Waals surface area contributed by atoms with E-state index in [0.717, 1.165) is 30.9 Å². The van der Waals surface area contributed by atoms with Crippen molar-refractivity contribution in [3.05, 3.63) is 0 Å². The molecule has 25 heavy (non-hydrogen) atoms. The predicted molar refractivity (Wildman–Crippen MR) is 102 cm³/mol. The molecule has 2 saturated heterocycles. The van der Waals surface area contributed by atoms with Gasteiger partial charge in [-0.15, -0.1) is 11.6 Å². The van der Waals surface area contributed by atoms with E-state index < -0.39 is 0 Å². The molecule has 2 aliphatic carbocycles. The fourth-order valence-corrected chi connectivity index (χ4v) is 6.11. The summed E-state index contributed by atoms with van der Waals surface area (Å²) in [6.45, 7) is 4.14. The molecule has 4 aliphatic rings. The minimum Gasteiger partial charge on any atom is -0.374 e. The van der Waals surface area contributed by atoms with Gasteiger partial charge in [-0.05, 0) is 76.0 Å². The van der Waals surface area contributed by atoms with Crippen molar-refractivity contribution >= 4 is 11.6 Å². The number of nitrogens with one attached hydrogen (secondary N) is 3. The molecular weight excluding hydrogens is 334 g/mol. The van der Waals surface area contributed by atoms with Crippen LogP contribution >= 0.6 is 11.6 Å². The molecule has 5 heteroatoms.